The van der Waals surface area contributed by atoms with Gasteiger partial charge in [-0.3, -0.25) is 9.59 Å². The Morgan fingerprint density at radius 1 is 1.10 bits per heavy atom. The molecule has 2 aromatic carbocycles. The Labute approximate surface area is 181 Å². The van der Waals surface area contributed by atoms with Gasteiger partial charge >= 0.3 is 0 Å². The Hall–Kier alpha value is -3.66. The van der Waals surface area contributed by atoms with Gasteiger partial charge in [0.25, 0.3) is 0 Å². The molecule has 0 bridgehead atoms. The van der Waals surface area contributed by atoms with E-state index in [2.05, 4.69) is 15.2 Å². The summed E-state index contributed by atoms with van der Waals surface area (Å²) in [6, 6.07) is 12.2. The molecule has 10 heteroatoms. The van der Waals surface area contributed by atoms with E-state index in [0.29, 0.717) is 33.8 Å². The fourth-order valence-electron chi connectivity index (χ4n) is 3.36. The summed E-state index contributed by atoms with van der Waals surface area (Å²) in [7, 11) is 1.56. The fourth-order valence-corrected chi connectivity index (χ4v) is 4.29. The van der Waals surface area contributed by atoms with Crippen molar-refractivity contribution in [2.45, 2.75) is 16.8 Å². The number of anilines is 1. The van der Waals surface area contributed by atoms with Crippen molar-refractivity contribution >= 4 is 29.3 Å². The second-order valence-electron chi connectivity index (χ2n) is 6.77. The lowest BCUT2D eigenvalue weighted by atomic mass is 10.1. The van der Waals surface area contributed by atoms with Crippen LogP contribution in [-0.4, -0.2) is 46.1 Å². The number of hydrogen-bond acceptors (Lipinski definition) is 9. The molecule has 31 heavy (non-hydrogen) atoms. The van der Waals surface area contributed by atoms with Crippen molar-refractivity contribution in [3.8, 4) is 28.5 Å². The van der Waals surface area contributed by atoms with E-state index >= 15 is 0 Å². The molecule has 1 unspecified atom stereocenters. The van der Waals surface area contributed by atoms with Gasteiger partial charge in [0, 0.05) is 12.0 Å². The minimum Gasteiger partial charge on any atom is -0.497 e. The zero-order valence-electron chi connectivity index (χ0n) is 16.3. The van der Waals surface area contributed by atoms with Gasteiger partial charge in [-0.1, -0.05) is 11.8 Å². The normalized spacial score (nSPS) is 17.3. The van der Waals surface area contributed by atoms with Crippen molar-refractivity contribution in [1.29, 1.82) is 0 Å². The first-order valence-electron chi connectivity index (χ1n) is 9.39. The van der Waals surface area contributed by atoms with Gasteiger partial charge < -0.3 is 14.2 Å². The van der Waals surface area contributed by atoms with Gasteiger partial charge in [0.15, 0.2) is 11.5 Å². The molecule has 0 saturated carbocycles. The van der Waals surface area contributed by atoms with E-state index in [4.69, 9.17) is 14.2 Å². The molecule has 5 rings (SSSR count). The highest BCUT2D eigenvalue weighted by molar-refractivity contribution is 8.00. The van der Waals surface area contributed by atoms with Crippen molar-refractivity contribution in [2.75, 3.05) is 18.8 Å². The summed E-state index contributed by atoms with van der Waals surface area (Å²) in [6.45, 7) is 0.185. The summed E-state index contributed by atoms with van der Waals surface area (Å²) < 4.78 is 15.9. The van der Waals surface area contributed by atoms with E-state index in [0.717, 1.165) is 17.3 Å². The van der Waals surface area contributed by atoms with Crippen molar-refractivity contribution < 1.29 is 23.8 Å². The summed E-state index contributed by atoms with van der Waals surface area (Å²) in [5.41, 5.74) is 1.88. The zero-order chi connectivity index (χ0) is 21.4. The molecule has 1 atom stereocenters. The summed E-state index contributed by atoms with van der Waals surface area (Å²) in [4.78, 5) is 31.1. The van der Waals surface area contributed by atoms with Crippen LogP contribution in [-0.2, 0) is 9.59 Å². The van der Waals surface area contributed by atoms with Crippen molar-refractivity contribution in [3.63, 3.8) is 0 Å². The third kappa shape index (κ3) is 3.66. The number of nitrogens with zero attached hydrogens (tertiary/aromatic N) is 4. The highest BCUT2D eigenvalue weighted by Gasteiger charge is 2.40. The molecular formula is C21H16N4O5S. The van der Waals surface area contributed by atoms with Gasteiger partial charge in [0.2, 0.25) is 23.8 Å². The predicted molar refractivity (Wildman–Crippen MR) is 111 cm³/mol. The zero-order valence-corrected chi connectivity index (χ0v) is 17.2. The van der Waals surface area contributed by atoms with Crippen LogP contribution in [0.3, 0.4) is 0 Å². The van der Waals surface area contributed by atoms with E-state index in [-0.39, 0.29) is 25.0 Å². The Morgan fingerprint density at radius 2 is 1.90 bits per heavy atom. The van der Waals surface area contributed by atoms with Crippen LogP contribution in [0, 0.1) is 0 Å². The highest BCUT2D eigenvalue weighted by atomic mass is 32.2. The number of rotatable bonds is 5. The van der Waals surface area contributed by atoms with Gasteiger partial charge in [-0.25, -0.2) is 9.88 Å². The number of thioether (sulfide) groups is 1. The van der Waals surface area contributed by atoms with E-state index in [1.165, 1.54) is 11.1 Å². The van der Waals surface area contributed by atoms with Crippen LogP contribution >= 0.6 is 11.8 Å². The third-order valence-corrected chi connectivity index (χ3v) is 5.93. The molecule has 0 aliphatic carbocycles. The molecule has 9 nitrogen and oxygen atoms in total. The Kier molecular flexibility index (Phi) is 4.91. The third-order valence-electron chi connectivity index (χ3n) is 4.89. The van der Waals surface area contributed by atoms with Crippen molar-refractivity contribution in [2.24, 2.45) is 0 Å². The Morgan fingerprint density at radius 3 is 2.71 bits per heavy atom. The number of ether oxygens (including phenoxy) is 3. The number of carbonyl (C=O) groups is 2. The molecule has 1 fully saturated rings. The molecule has 1 saturated heterocycles. The maximum atomic E-state index is 12.9. The molecule has 0 radical (unpaired) electrons. The molecule has 3 aromatic rings. The van der Waals surface area contributed by atoms with Crippen LogP contribution in [0.15, 0.2) is 53.8 Å². The average molecular weight is 436 g/mol. The molecule has 2 amide bonds. The minimum atomic E-state index is -0.622. The topological polar surface area (TPSA) is 104 Å². The SMILES string of the molecule is COc1ccc(N2C(=O)CC(Sc3nncc(-c4ccc5c(c4)OCO5)n3)C2=O)cc1. The average Bonchev–Trinajstić information content (AvgIpc) is 3.37. The monoisotopic (exact) mass is 436 g/mol. The Bertz CT molecular complexity index is 1170. The number of imide groups is 1. The molecule has 0 spiro atoms. The maximum absolute atomic E-state index is 12.9. The molecule has 3 heterocycles. The van der Waals surface area contributed by atoms with Gasteiger partial charge in [0.1, 0.15) is 11.0 Å². The lowest BCUT2D eigenvalue weighted by molar-refractivity contribution is -0.121. The number of hydrogen-bond donors (Lipinski definition) is 0. The lowest BCUT2D eigenvalue weighted by Gasteiger charge is -2.15. The number of amides is 2. The van der Waals surface area contributed by atoms with Gasteiger partial charge in [-0.05, 0) is 42.5 Å². The predicted octanol–water partition coefficient (Wildman–Crippen LogP) is 2.70. The van der Waals surface area contributed by atoms with Crippen LogP contribution in [0.4, 0.5) is 5.69 Å². The first-order chi connectivity index (χ1) is 15.1. The van der Waals surface area contributed by atoms with E-state index in [1.54, 1.807) is 37.4 Å². The fraction of sp³-hybridized carbons (Fsp3) is 0.190. The second kappa shape index (κ2) is 7.88. The first kappa shape index (κ1) is 19.3. The smallest absolute Gasteiger partial charge is 0.247 e. The number of carbonyl (C=O) groups excluding carboxylic acids is 2. The summed E-state index contributed by atoms with van der Waals surface area (Å²) in [6.07, 6.45) is 1.60. The molecule has 1 aromatic heterocycles. The summed E-state index contributed by atoms with van der Waals surface area (Å²) in [5.74, 6) is 1.38. The second-order valence-corrected chi connectivity index (χ2v) is 7.94. The van der Waals surface area contributed by atoms with Gasteiger partial charge in [0.05, 0.1) is 24.7 Å². The number of aromatic nitrogens is 3. The van der Waals surface area contributed by atoms with Crippen LogP contribution in [0.2, 0.25) is 0 Å². The molecular weight excluding hydrogens is 420 g/mol. The Balaban J connectivity index is 1.35. The highest BCUT2D eigenvalue weighted by Crippen LogP contribution is 2.36. The maximum Gasteiger partial charge on any atom is 0.247 e. The van der Waals surface area contributed by atoms with Crippen molar-refractivity contribution in [1.82, 2.24) is 15.2 Å². The van der Waals surface area contributed by atoms with E-state index in [9.17, 15) is 9.59 Å². The van der Waals surface area contributed by atoms with Gasteiger partial charge in [-0.15, -0.1) is 5.10 Å². The summed E-state index contributed by atoms with van der Waals surface area (Å²) in [5, 5.41) is 7.73. The number of methoxy groups -OCH3 is 1. The standard InChI is InChI=1S/C21H16N4O5S/c1-28-14-5-3-13(4-6-14)25-19(26)9-18(20(25)27)31-21-23-15(10-22-24-21)12-2-7-16-17(8-12)30-11-29-16/h2-8,10,18H,9,11H2,1H3. The largest absolute Gasteiger partial charge is 0.497 e. The quantitative estimate of drug-likeness (QED) is 0.558. The van der Waals surface area contributed by atoms with Crippen LogP contribution in [0.5, 0.6) is 17.2 Å². The first-order valence-corrected chi connectivity index (χ1v) is 10.3. The molecule has 156 valence electrons. The summed E-state index contributed by atoms with van der Waals surface area (Å²) >= 11 is 1.13. The van der Waals surface area contributed by atoms with E-state index in [1.807, 2.05) is 12.1 Å². The van der Waals surface area contributed by atoms with Crippen LogP contribution in [0.1, 0.15) is 6.42 Å². The lowest BCUT2D eigenvalue weighted by Crippen LogP contribution is -2.31. The van der Waals surface area contributed by atoms with E-state index < -0.39 is 5.25 Å². The minimum absolute atomic E-state index is 0.0626. The molecule has 0 N–H and O–H groups in total. The van der Waals surface area contributed by atoms with Gasteiger partial charge in [-0.2, -0.15) is 5.10 Å². The van der Waals surface area contributed by atoms with Crippen LogP contribution in [0.25, 0.3) is 11.3 Å². The molecule has 2 aliphatic rings. The number of benzene rings is 2. The molecule has 2 aliphatic heterocycles. The number of fused-ring (bicyclic) bond motifs is 1. The van der Waals surface area contributed by atoms with Crippen molar-refractivity contribution in [3.05, 3.63) is 48.7 Å². The van der Waals surface area contributed by atoms with Crippen LogP contribution < -0.4 is 19.1 Å².